The van der Waals surface area contributed by atoms with Gasteiger partial charge in [0, 0.05) is 30.7 Å². The van der Waals surface area contributed by atoms with Crippen molar-refractivity contribution in [1.29, 1.82) is 0 Å². The van der Waals surface area contributed by atoms with E-state index in [1.807, 2.05) is 43.9 Å². The fourth-order valence-corrected chi connectivity index (χ4v) is 4.88. The Morgan fingerprint density at radius 2 is 2.11 bits per heavy atom. The molecule has 0 unspecified atom stereocenters. The van der Waals surface area contributed by atoms with Gasteiger partial charge in [-0.3, -0.25) is 0 Å². The van der Waals surface area contributed by atoms with Gasteiger partial charge in [0.25, 0.3) is 0 Å². The number of likely N-dealkylation sites (tertiary alicyclic amines) is 1. The van der Waals surface area contributed by atoms with Crippen molar-refractivity contribution >= 4 is 17.7 Å². The molecule has 0 spiro atoms. The highest BCUT2D eigenvalue weighted by molar-refractivity contribution is 6.31. The van der Waals surface area contributed by atoms with Crippen molar-refractivity contribution in [2.24, 2.45) is 11.3 Å². The molecule has 1 aromatic rings. The molecular weight excluding hydrogens is 360 g/mol. The number of ether oxygens (including phenoxy) is 1. The zero-order chi connectivity index (χ0) is 19.7. The molecule has 1 saturated carbocycles. The van der Waals surface area contributed by atoms with Crippen molar-refractivity contribution in [3.05, 3.63) is 34.9 Å². The Balaban J connectivity index is 1.61. The van der Waals surface area contributed by atoms with Crippen LogP contribution in [0.4, 0.5) is 4.79 Å². The van der Waals surface area contributed by atoms with E-state index in [0.29, 0.717) is 12.0 Å². The van der Waals surface area contributed by atoms with E-state index in [4.69, 9.17) is 16.3 Å². The smallest absolute Gasteiger partial charge is 0.410 e. The highest BCUT2D eigenvalue weighted by Gasteiger charge is 2.46. The Labute approximate surface area is 168 Å². The average Bonchev–Trinajstić information content (AvgIpc) is 2.78. The van der Waals surface area contributed by atoms with Gasteiger partial charge in [-0.2, -0.15) is 0 Å². The summed E-state index contributed by atoms with van der Waals surface area (Å²) in [7, 11) is 0. The Kier molecular flexibility index (Phi) is 6.07. The number of benzene rings is 1. The number of hydrogen-bond donors (Lipinski definition) is 1. The fourth-order valence-electron chi connectivity index (χ4n) is 4.68. The number of carbonyl (C=O) groups excluding carboxylic acids is 1. The number of hydrogen-bond acceptors (Lipinski definition) is 3. The number of carbonyl (C=O) groups is 1. The molecule has 1 amide bonds. The molecule has 0 aromatic heterocycles. The Hall–Kier alpha value is -1.26. The van der Waals surface area contributed by atoms with Crippen LogP contribution >= 0.6 is 11.6 Å². The Morgan fingerprint density at radius 1 is 1.37 bits per heavy atom. The molecule has 2 fully saturated rings. The molecule has 3 atom stereocenters. The molecule has 5 heteroatoms. The van der Waals surface area contributed by atoms with Crippen LogP contribution in [0.15, 0.2) is 24.3 Å². The summed E-state index contributed by atoms with van der Waals surface area (Å²) in [6, 6.07) is 8.48. The van der Waals surface area contributed by atoms with Crippen LogP contribution in [0.2, 0.25) is 5.02 Å². The molecule has 150 valence electrons. The van der Waals surface area contributed by atoms with E-state index >= 15 is 0 Å². The molecule has 1 heterocycles. The molecule has 1 aliphatic carbocycles. The van der Waals surface area contributed by atoms with Crippen LogP contribution in [0.1, 0.15) is 58.9 Å². The van der Waals surface area contributed by atoms with E-state index in [9.17, 15) is 4.79 Å². The predicted molar refractivity (Wildman–Crippen MR) is 110 cm³/mol. The number of rotatable bonds is 3. The van der Waals surface area contributed by atoms with E-state index in [1.54, 1.807) is 0 Å². The van der Waals surface area contributed by atoms with Crippen molar-refractivity contribution in [2.45, 2.75) is 71.6 Å². The van der Waals surface area contributed by atoms with Crippen molar-refractivity contribution < 1.29 is 9.53 Å². The summed E-state index contributed by atoms with van der Waals surface area (Å²) in [6.07, 6.45) is 4.32. The lowest BCUT2D eigenvalue weighted by Gasteiger charge is -2.34. The summed E-state index contributed by atoms with van der Waals surface area (Å²) in [6.45, 7) is 10.5. The van der Waals surface area contributed by atoms with Gasteiger partial charge in [0.05, 0.1) is 0 Å². The second-order valence-electron chi connectivity index (χ2n) is 9.50. The fraction of sp³-hybridized carbons (Fsp3) is 0.682. The number of fused-ring (bicyclic) bond motifs is 1. The van der Waals surface area contributed by atoms with Gasteiger partial charge in [-0.1, -0.05) is 36.7 Å². The van der Waals surface area contributed by atoms with Crippen LogP contribution < -0.4 is 5.32 Å². The minimum atomic E-state index is -0.446. The van der Waals surface area contributed by atoms with Crippen LogP contribution in [0.3, 0.4) is 0 Å². The number of nitrogens with one attached hydrogen (secondary N) is 1. The zero-order valence-electron chi connectivity index (χ0n) is 17.1. The van der Waals surface area contributed by atoms with Crippen molar-refractivity contribution in [3.8, 4) is 0 Å². The first-order valence-electron chi connectivity index (χ1n) is 10.1. The van der Waals surface area contributed by atoms with Crippen LogP contribution in [-0.4, -0.2) is 35.7 Å². The zero-order valence-corrected chi connectivity index (χ0v) is 17.8. The minimum absolute atomic E-state index is 0.144. The van der Waals surface area contributed by atoms with Crippen molar-refractivity contribution in [1.82, 2.24) is 10.2 Å². The van der Waals surface area contributed by atoms with E-state index in [2.05, 4.69) is 18.3 Å². The normalized spacial score (nSPS) is 28.6. The van der Waals surface area contributed by atoms with Gasteiger partial charge < -0.3 is 15.0 Å². The lowest BCUT2D eigenvalue weighted by molar-refractivity contribution is 0.0175. The van der Waals surface area contributed by atoms with Gasteiger partial charge in [0.2, 0.25) is 0 Å². The monoisotopic (exact) mass is 392 g/mol. The number of halogens is 1. The topological polar surface area (TPSA) is 41.6 Å². The second kappa shape index (κ2) is 8.00. The SMILES string of the molecule is CC(C)(C)OC(=O)N1CCC[C@@H]2C[C@@H](NCc3ccccc3Cl)C[C@@]2(C)C1. The highest BCUT2D eigenvalue weighted by atomic mass is 35.5. The van der Waals surface area contributed by atoms with Gasteiger partial charge in [0.15, 0.2) is 0 Å². The summed E-state index contributed by atoms with van der Waals surface area (Å²) >= 11 is 6.29. The van der Waals surface area contributed by atoms with Gasteiger partial charge in [-0.15, -0.1) is 0 Å². The second-order valence-corrected chi connectivity index (χ2v) is 9.91. The highest BCUT2D eigenvalue weighted by Crippen LogP contribution is 2.47. The first kappa shape index (κ1) is 20.5. The molecule has 27 heavy (non-hydrogen) atoms. The third-order valence-electron chi connectivity index (χ3n) is 5.99. The van der Waals surface area contributed by atoms with Crippen LogP contribution in [0.5, 0.6) is 0 Å². The van der Waals surface area contributed by atoms with E-state index < -0.39 is 5.60 Å². The minimum Gasteiger partial charge on any atom is -0.444 e. The molecule has 2 aliphatic rings. The Morgan fingerprint density at radius 3 is 2.81 bits per heavy atom. The van der Waals surface area contributed by atoms with Gasteiger partial charge in [0.1, 0.15) is 5.60 Å². The van der Waals surface area contributed by atoms with Gasteiger partial charge in [-0.25, -0.2) is 4.79 Å². The summed E-state index contributed by atoms with van der Waals surface area (Å²) in [5.74, 6) is 0.647. The summed E-state index contributed by atoms with van der Waals surface area (Å²) < 4.78 is 5.63. The first-order chi connectivity index (χ1) is 12.7. The van der Waals surface area contributed by atoms with E-state index in [-0.39, 0.29) is 11.5 Å². The maximum Gasteiger partial charge on any atom is 0.410 e. The quantitative estimate of drug-likeness (QED) is 0.764. The van der Waals surface area contributed by atoms with Crippen molar-refractivity contribution in [2.75, 3.05) is 13.1 Å². The molecule has 1 N–H and O–H groups in total. The van der Waals surface area contributed by atoms with Gasteiger partial charge in [-0.05, 0) is 69.4 Å². The summed E-state index contributed by atoms with van der Waals surface area (Å²) in [5.41, 5.74) is 0.844. The largest absolute Gasteiger partial charge is 0.444 e. The lowest BCUT2D eigenvalue weighted by atomic mass is 9.78. The first-order valence-corrected chi connectivity index (χ1v) is 10.5. The maximum atomic E-state index is 12.6. The molecule has 0 radical (unpaired) electrons. The van der Waals surface area contributed by atoms with E-state index in [0.717, 1.165) is 43.1 Å². The molecule has 0 bridgehead atoms. The van der Waals surface area contributed by atoms with Crippen LogP contribution in [0, 0.1) is 11.3 Å². The maximum absolute atomic E-state index is 12.6. The molecule has 3 rings (SSSR count). The van der Waals surface area contributed by atoms with Gasteiger partial charge >= 0.3 is 6.09 Å². The molecular formula is C22H33ClN2O2. The van der Waals surface area contributed by atoms with Crippen molar-refractivity contribution in [3.63, 3.8) is 0 Å². The molecule has 1 aliphatic heterocycles. The van der Waals surface area contributed by atoms with Crippen LogP contribution in [0.25, 0.3) is 0 Å². The lowest BCUT2D eigenvalue weighted by Crippen LogP contribution is -2.43. The average molecular weight is 393 g/mol. The summed E-state index contributed by atoms with van der Waals surface area (Å²) in [4.78, 5) is 14.5. The third-order valence-corrected chi connectivity index (χ3v) is 6.36. The number of amides is 1. The number of nitrogens with zero attached hydrogens (tertiary/aromatic N) is 1. The standard InChI is InChI=1S/C22H33ClN2O2/c1-21(2,3)27-20(26)25-11-7-9-17-12-18(13-22(17,4)15-25)24-14-16-8-5-6-10-19(16)23/h5-6,8,10,17-18,24H,7,9,11-15H2,1-4H3/t17-,18-,22+/m1/s1. The third kappa shape index (κ3) is 5.17. The van der Waals surface area contributed by atoms with Crippen LogP contribution in [-0.2, 0) is 11.3 Å². The molecule has 1 saturated heterocycles. The Bertz CT molecular complexity index is 673. The van der Waals surface area contributed by atoms with E-state index in [1.165, 1.54) is 12.8 Å². The predicted octanol–water partition coefficient (Wildman–Crippen LogP) is 5.25. The molecule has 4 nitrogen and oxygen atoms in total. The summed E-state index contributed by atoms with van der Waals surface area (Å²) in [5, 5.41) is 4.52. The molecule has 1 aromatic carbocycles.